The summed E-state index contributed by atoms with van der Waals surface area (Å²) >= 11 is 0.635. The molecule has 23 heavy (non-hydrogen) atoms. The minimum Gasteiger partial charge on any atom is -0.198 e. The highest BCUT2D eigenvalue weighted by atomic mass is 32.2. The molecule has 1 aromatic rings. The third-order valence-electron chi connectivity index (χ3n) is 5.14. The molecule has 1 fully saturated rings. The lowest BCUT2D eigenvalue weighted by Gasteiger charge is -2.29. The highest BCUT2D eigenvalue weighted by Gasteiger charge is 2.22. The standard InChI is InChI=1S/C20H30F2S/c1-2-3-4-5-6-7-16-8-10-17(11-9-16)18-12-14-19(15-13-18)23-20(21)22/h12-17,20H,2-11H2,1H3. The lowest BCUT2D eigenvalue weighted by Crippen LogP contribution is -2.13. The number of halogens is 2. The van der Waals surface area contributed by atoms with Crippen molar-refractivity contribution >= 4 is 11.8 Å². The first kappa shape index (κ1) is 18.8. The summed E-state index contributed by atoms with van der Waals surface area (Å²) in [6, 6.07) is 7.82. The van der Waals surface area contributed by atoms with Crippen molar-refractivity contribution in [2.75, 3.05) is 0 Å². The fraction of sp³-hybridized carbons (Fsp3) is 0.700. The van der Waals surface area contributed by atoms with Crippen molar-refractivity contribution in [2.45, 2.75) is 87.7 Å². The summed E-state index contributed by atoms with van der Waals surface area (Å²) in [6.07, 6.45) is 13.5. The topological polar surface area (TPSA) is 0 Å². The zero-order valence-electron chi connectivity index (χ0n) is 14.3. The lowest BCUT2D eigenvalue weighted by atomic mass is 9.77. The quantitative estimate of drug-likeness (QED) is 0.329. The van der Waals surface area contributed by atoms with Crippen LogP contribution in [0.4, 0.5) is 8.78 Å². The van der Waals surface area contributed by atoms with Gasteiger partial charge in [-0.3, -0.25) is 0 Å². The van der Waals surface area contributed by atoms with Crippen LogP contribution < -0.4 is 0 Å². The molecule has 0 atom stereocenters. The minimum absolute atomic E-state index is 0.635. The molecular weight excluding hydrogens is 310 g/mol. The van der Waals surface area contributed by atoms with Crippen molar-refractivity contribution < 1.29 is 8.78 Å². The molecule has 0 unspecified atom stereocenters. The third-order valence-corrected chi connectivity index (χ3v) is 5.86. The van der Waals surface area contributed by atoms with E-state index in [0.717, 1.165) is 5.92 Å². The summed E-state index contributed by atoms with van der Waals surface area (Å²) < 4.78 is 24.7. The van der Waals surface area contributed by atoms with Gasteiger partial charge in [0.2, 0.25) is 0 Å². The van der Waals surface area contributed by atoms with Crippen LogP contribution in [0.1, 0.15) is 82.6 Å². The molecule has 0 saturated heterocycles. The number of thioether (sulfide) groups is 1. The fourth-order valence-corrected chi connectivity index (χ4v) is 4.24. The first-order valence-corrected chi connectivity index (χ1v) is 10.1. The molecule has 130 valence electrons. The van der Waals surface area contributed by atoms with Gasteiger partial charge in [-0.05, 0) is 55.2 Å². The molecule has 3 heteroatoms. The SMILES string of the molecule is CCCCCCCC1CCC(c2ccc(SC(F)F)cc2)CC1. The average Bonchev–Trinajstić information content (AvgIpc) is 2.55. The summed E-state index contributed by atoms with van der Waals surface area (Å²) in [5.74, 6) is -0.771. The highest BCUT2D eigenvalue weighted by Crippen LogP contribution is 2.38. The van der Waals surface area contributed by atoms with Crippen molar-refractivity contribution in [3.05, 3.63) is 29.8 Å². The molecule has 1 aliphatic carbocycles. The van der Waals surface area contributed by atoms with Crippen molar-refractivity contribution in [1.82, 2.24) is 0 Å². The predicted molar refractivity (Wildman–Crippen MR) is 96.4 cm³/mol. The Morgan fingerprint density at radius 2 is 1.61 bits per heavy atom. The van der Waals surface area contributed by atoms with E-state index in [1.165, 1.54) is 69.8 Å². The van der Waals surface area contributed by atoms with Crippen LogP contribution in [-0.4, -0.2) is 5.76 Å². The van der Waals surface area contributed by atoms with E-state index in [9.17, 15) is 8.78 Å². The van der Waals surface area contributed by atoms with Gasteiger partial charge in [-0.25, -0.2) is 0 Å². The number of rotatable bonds is 9. The molecule has 0 N–H and O–H groups in total. The highest BCUT2D eigenvalue weighted by molar-refractivity contribution is 7.99. The lowest BCUT2D eigenvalue weighted by molar-refractivity contribution is 0.252. The van der Waals surface area contributed by atoms with Crippen molar-refractivity contribution in [3.63, 3.8) is 0 Å². The van der Waals surface area contributed by atoms with Gasteiger partial charge in [0, 0.05) is 4.90 Å². The molecule has 1 saturated carbocycles. The average molecular weight is 341 g/mol. The van der Waals surface area contributed by atoms with Crippen LogP contribution in [-0.2, 0) is 0 Å². The number of alkyl halides is 2. The third kappa shape index (κ3) is 6.82. The second kappa shape index (κ2) is 10.3. The van der Waals surface area contributed by atoms with Gasteiger partial charge < -0.3 is 0 Å². The molecule has 0 aliphatic heterocycles. The van der Waals surface area contributed by atoms with E-state index in [-0.39, 0.29) is 0 Å². The number of benzene rings is 1. The monoisotopic (exact) mass is 340 g/mol. The maximum atomic E-state index is 12.4. The van der Waals surface area contributed by atoms with Gasteiger partial charge in [0.1, 0.15) is 0 Å². The van der Waals surface area contributed by atoms with Gasteiger partial charge in [-0.2, -0.15) is 8.78 Å². The van der Waals surface area contributed by atoms with Crippen molar-refractivity contribution in [1.29, 1.82) is 0 Å². The van der Waals surface area contributed by atoms with Crippen LogP contribution in [0, 0.1) is 5.92 Å². The first-order chi connectivity index (χ1) is 11.2. The van der Waals surface area contributed by atoms with E-state index in [1.54, 1.807) is 0 Å². The number of unbranched alkanes of at least 4 members (excludes halogenated alkanes) is 4. The molecule has 0 heterocycles. The summed E-state index contributed by atoms with van der Waals surface area (Å²) in [5.41, 5.74) is 1.34. The molecule has 0 nitrogen and oxygen atoms in total. The van der Waals surface area contributed by atoms with Crippen molar-refractivity contribution in [3.8, 4) is 0 Å². The Morgan fingerprint density at radius 3 is 2.22 bits per heavy atom. The zero-order valence-corrected chi connectivity index (χ0v) is 15.1. The maximum Gasteiger partial charge on any atom is 0.288 e. The molecule has 1 aliphatic rings. The van der Waals surface area contributed by atoms with Crippen LogP contribution in [0.25, 0.3) is 0 Å². The maximum absolute atomic E-state index is 12.4. The second-order valence-corrected chi connectivity index (χ2v) is 7.93. The molecule has 0 aromatic heterocycles. The minimum atomic E-state index is -2.33. The predicted octanol–water partition coefficient (Wildman–Crippen LogP) is 7.64. The van der Waals surface area contributed by atoms with Gasteiger partial charge in [-0.15, -0.1) is 0 Å². The van der Waals surface area contributed by atoms with E-state index in [2.05, 4.69) is 19.1 Å². The van der Waals surface area contributed by atoms with Gasteiger partial charge >= 0.3 is 0 Å². The van der Waals surface area contributed by atoms with Gasteiger partial charge in [0.15, 0.2) is 0 Å². The van der Waals surface area contributed by atoms with Gasteiger partial charge in [0.05, 0.1) is 0 Å². The summed E-state index contributed by atoms with van der Waals surface area (Å²) in [4.78, 5) is 0.671. The Balaban J connectivity index is 1.69. The van der Waals surface area contributed by atoms with Crippen LogP contribution in [0.2, 0.25) is 0 Å². The van der Waals surface area contributed by atoms with Gasteiger partial charge in [0.25, 0.3) is 5.76 Å². The fourth-order valence-electron chi connectivity index (χ4n) is 3.74. The Kier molecular flexibility index (Phi) is 8.43. The van der Waals surface area contributed by atoms with Crippen molar-refractivity contribution in [2.24, 2.45) is 5.92 Å². The number of hydrogen-bond acceptors (Lipinski definition) is 1. The van der Waals surface area contributed by atoms with Gasteiger partial charge in [-0.1, -0.05) is 69.3 Å². The number of hydrogen-bond donors (Lipinski definition) is 0. The largest absolute Gasteiger partial charge is 0.288 e. The molecule has 0 spiro atoms. The van der Waals surface area contributed by atoms with E-state index in [4.69, 9.17) is 0 Å². The molecule has 1 aromatic carbocycles. The first-order valence-electron chi connectivity index (χ1n) is 9.23. The molecule has 0 radical (unpaired) electrons. The smallest absolute Gasteiger partial charge is 0.198 e. The van der Waals surface area contributed by atoms with E-state index >= 15 is 0 Å². The Morgan fingerprint density at radius 1 is 0.957 bits per heavy atom. The Hall–Kier alpha value is -0.570. The zero-order chi connectivity index (χ0) is 16.5. The summed E-state index contributed by atoms with van der Waals surface area (Å²) in [7, 11) is 0. The molecular formula is C20H30F2S. The second-order valence-electron chi connectivity index (χ2n) is 6.87. The Bertz CT molecular complexity index is 422. The molecule has 2 rings (SSSR count). The van der Waals surface area contributed by atoms with Crippen LogP contribution in [0.15, 0.2) is 29.2 Å². The normalized spacial score (nSPS) is 21.7. The van der Waals surface area contributed by atoms with Crippen LogP contribution in [0.5, 0.6) is 0 Å². The molecule has 0 amide bonds. The summed E-state index contributed by atoms with van der Waals surface area (Å²) in [6.45, 7) is 2.26. The van der Waals surface area contributed by atoms with Crippen LogP contribution >= 0.6 is 11.8 Å². The van der Waals surface area contributed by atoms with E-state index < -0.39 is 5.76 Å². The van der Waals surface area contributed by atoms with E-state index in [1.807, 2.05) is 12.1 Å². The summed E-state index contributed by atoms with van der Waals surface area (Å²) in [5, 5.41) is 0. The molecule has 0 bridgehead atoms. The van der Waals surface area contributed by atoms with E-state index in [0.29, 0.717) is 22.6 Å². The van der Waals surface area contributed by atoms with Crippen LogP contribution in [0.3, 0.4) is 0 Å². The Labute approximate surface area is 144 Å².